The average Bonchev–Trinajstić information content (AvgIpc) is 3.13. The zero-order valence-corrected chi connectivity index (χ0v) is 16.2. The lowest BCUT2D eigenvalue weighted by Gasteiger charge is -2.17. The predicted molar refractivity (Wildman–Crippen MR) is 105 cm³/mol. The zero-order valence-electron chi connectivity index (χ0n) is 15.5. The fourth-order valence-electron chi connectivity index (χ4n) is 2.71. The van der Waals surface area contributed by atoms with Gasteiger partial charge < -0.3 is 9.42 Å². The third kappa shape index (κ3) is 5.41. The van der Waals surface area contributed by atoms with Crippen molar-refractivity contribution >= 4 is 17.5 Å². The molecule has 0 aliphatic heterocycles. The summed E-state index contributed by atoms with van der Waals surface area (Å²) < 4.78 is 5.28. The van der Waals surface area contributed by atoms with Gasteiger partial charge in [0.2, 0.25) is 17.6 Å². The van der Waals surface area contributed by atoms with Crippen LogP contribution in [-0.4, -0.2) is 28.0 Å². The number of nitrogens with zero attached hydrogens (tertiary/aromatic N) is 3. The van der Waals surface area contributed by atoms with Crippen LogP contribution in [0.1, 0.15) is 29.9 Å². The first kappa shape index (κ1) is 19.1. The van der Waals surface area contributed by atoms with Crippen molar-refractivity contribution in [1.82, 2.24) is 15.0 Å². The maximum absolute atomic E-state index is 12.3. The molecule has 2 aromatic carbocycles. The Kier molecular flexibility index (Phi) is 6.24. The summed E-state index contributed by atoms with van der Waals surface area (Å²) in [6.07, 6.45) is 1.69. The molecule has 0 fully saturated rings. The van der Waals surface area contributed by atoms with Crippen LogP contribution in [0.2, 0.25) is 5.02 Å². The number of hydrogen-bond donors (Lipinski definition) is 0. The van der Waals surface area contributed by atoms with Crippen LogP contribution in [-0.2, 0) is 17.8 Å². The van der Waals surface area contributed by atoms with E-state index >= 15 is 0 Å². The molecule has 0 spiro atoms. The van der Waals surface area contributed by atoms with E-state index in [1.54, 1.807) is 17.0 Å². The summed E-state index contributed by atoms with van der Waals surface area (Å²) in [5, 5.41) is 4.65. The lowest BCUT2D eigenvalue weighted by molar-refractivity contribution is -0.130. The van der Waals surface area contributed by atoms with E-state index in [0.29, 0.717) is 42.5 Å². The van der Waals surface area contributed by atoms with Crippen LogP contribution in [0.5, 0.6) is 0 Å². The molecule has 0 radical (unpaired) electrons. The first-order valence-corrected chi connectivity index (χ1v) is 9.27. The molecule has 27 heavy (non-hydrogen) atoms. The summed E-state index contributed by atoms with van der Waals surface area (Å²) in [5.74, 6) is 1.17. The Labute approximate surface area is 164 Å². The fraction of sp³-hybridized carbons (Fsp3) is 0.286. The Bertz CT molecular complexity index is 889. The second-order valence-electron chi connectivity index (χ2n) is 6.61. The molecule has 3 aromatic rings. The van der Waals surface area contributed by atoms with E-state index in [4.69, 9.17) is 16.1 Å². The van der Waals surface area contributed by atoms with Crippen LogP contribution in [0, 0.1) is 6.92 Å². The van der Waals surface area contributed by atoms with Gasteiger partial charge in [0.1, 0.15) is 0 Å². The van der Waals surface area contributed by atoms with Crippen LogP contribution in [0.4, 0.5) is 0 Å². The topological polar surface area (TPSA) is 59.2 Å². The summed E-state index contributed by atoms with van der Waals surface area (Å²) in [6, 6.07) is 15.5. The van der Waals surface area contributed by atoms with Crippen molar-refractivity contribution in [3.63, 3.8) is 0 Å². The molecule has 0 aliphatic rings. The highest BCUT2D eigenvalue weighted by molar-refractivity contribution is 6.30. The second-order valence-corrected chi connectivity index (χ2v) is 7.04. The quantitative estimate of drug-likeness (QED) is 0.594. The minimum Gasteiger partial charge on any atom is -0.341 e. The molecule has 6 heteroatoms. The van der Waals surface area contributed by atoms with Crippen molar-refractivity contribution in [3.8, 4) is 11.4 Å². The van der Waals surface area contributed by atoms with E-state index in [2.05, 4.69) is 41.3 Å². The second kappa shape index (κ2) is 8.82. The Morgan fingerprint density at radius 3 is 2.52 bits per heavy atom. The molecule has 1 amide bonds. The number of halogens is 1. The third-order valence-corrected chi connectivity index (χ3v) is 4.57. The highest BCUT2D eigenvalue weighted by Gasteiger charge is 2.12. The van der Waals surface area contributed by atoms with Crippen molar-refractivity contribution in [1.29, 1.82) is 0 Å². The van der Waals surface area contributed by atoms with Gasteiger partial charge in [-0.05, 0) is 43.2 Å². The van der Waals surface area contributed by atoms with Crippen molar-refractivity contribution < 1.29 is 9.32 Å². The zero-order chi connectivity index (χ0) is 19.2. The van der Waals surface area contributed by atoms with Gasteiger partial charge in [0.25, 0.3) is 0 Å². The normalized spacial score (nSPS) is 10.8. The number of aryl methyl sites for hydroxylation is 2. The van der Waals surface area contributed by atoms with Gasteiger partial charge in [-0.2, -0.15) is 4.98 Å². The predicted octanol–water partition coefficient (Wildman–Crippen LogP) is 4.68. The number of hydrogen-bond acceptors (Lipinski definition) is 4. The molecule has 3 rings (SSSR count). The van der Waals surface area contributed by atoms with Gasteiger partial charge in [-0.15, -0.1) is 0 Å². The third-order valence-electron chi connectivity index (χ3n) is 4.32. The Morgan fingerprint density at radius 2 is 1.81 bits per heavy atom. The van der Waals surface area contributed by atoms with Gasteiger partial charge in [-0.1, -0.05) is 46.6 Å². The van der Waals surface area contributed by atoms with Crippen LogP contribution < -0.4 is 0 Å². The molecule has 0 atom stereocenters. The van der Waals surface area contributed by atoms with E-state index < -0.39 is 0 Å². The van der Waals surface area contributed by atoms with Gasteiger partial charge >= 0.3 is 0 Å². The number of benzene rings is 2. The smallest absolute Gasteiger partial charge is 0.226 e. The summed E-state index contributed by atoms with van der Waals surface area (Å²) in [4.78, 5) is 18.4. The monoisotopic (exact) mass is 383 g/mol. The van der Waals surface area contributed by atoms with E-state index in [-0.39, 0.29) is 5.91 Å². The molecule has 5 nitrogen and oxygen atoms in total. The molecule has 0 bridgehead atoms. The molecule has 0 N–H and O–H groups in total. The average molecular weight is 384 g/mol. The van der Waals surface area contributed by atoms with E-state index in [9.17, 15) is 4.79 Å². The number of rotatable bonds is 7. The van der Waals surface area contributed by atoms with E-state index in [1.165, 1.54) is 5.56 Å². The van der Waals surface area contributed by atoms with Crippen molar-refractivity contribution in [2.45, 2.75) is 32.7 Å². The lowest BCUT2D eigenvalue weighted by atomic mass is 10.1. The lowest BCUT2D eigenvalue weighted by Crippen LogP contribution is -2.25. The van der Waals surface area contributed by atoms with Gasteiger partial charge in [-0.3, -0.25) is 4.79 Å². The first-order chi connectivity index (χ1) is 13.0. The minimum absolute atomic E-state index is 0.105. The molecule has 1 heterocycles. The van der Waals surface area contributed by atoms with E-state index in [0.717, 1.165) is 11.1 Å². The van der Waals surface area contributed by atoms with Crippen molar-refractivity contribution in [2.24, 2.45) is 0 Å². The van der Waals surface area contributed by atoms with Crippen LogP contribution in [0.3, 0.4) is 0 Å². The van der Waals surface area contributed by atoms with Crippen molar-refractivity contribution in [3.05, 3.63) is 70.6 Å². The van der Waals surface area contributed by atoms with Crippen molar-refractivity contribution in [2.75, 3.05) is 7.05 Å². The summed E-state index contributed by atoms with van der Waals surface area (Å²) in [7, 11) is 1.83. The van der Waals surface area contributed by atoms with Crippen LogP contribution >= 0.6 is 11.6 Å². The molecule has 1 aromatic heterocycles. The number of aromatic nitrogens is 2. The summed E-state index contributed by atoms with van der Waals surface area (Å²) in [6.45, 7) is 2.66. The van der Waals surface area contributed by atoms with E-state index in [1.807, 2.05) is 19.2 Å². The highest BCUT2D eigenvalue weighted by Crippen LogP contribution is 2.19. The van der Waals surface area contributed by atoms with Gasteiger partial charge in [0, 0.05) is 37.0 Å². The number of carbonyl (C=O) groups is 1. The molecule has 0 saturated carbocycles. The highest BCUT2D eigenvalue weighted by atomic mass is 35.5. The summed E-state index contributed by atoms with van der Waals surface area (Å²) in [5.41, 5.74) is 3.19. The number of amides is 1. The molecule has 140 valence electrons. The Hall–Kier alpha value is -2.66. The SMILES string of the molecule is Cc1ccc(CN(C)C(=O)CCCc2nc(-c3ccc(Cl)cc3)no2)cc1. The van der Waals surface area contributed by atoms with Gasteiger partial charge in [0.05, 0.1) is 0 Å². The summed E-state index contributed by atoms with van der Waals surface area (Å²) >= 11 is 5.89. The number of carbonyl (C=O) groups excluding carboxylic acids is 1. The fourth-order valence-corrected chi connectivity index (χ4v) is 2.84. The van der Waals surface area contributed by atoms with Gasteiger partial charge in [-0.25, -0.2) is 0 Å². The maximum atomic E-state index is 12.3. The maximum Gasteiger partial charge on any atom is 0.226 e. The first-order valence-electron chi connectivity index (χ1n) is 8.89. The van der Waals surface area contributed by atoms with Gasteiger partial charge in [0.15, 0.2) is 0 Å². The molecular formula is C21H22ClN3O2. The van der Waals surface area contributed by atoms with Crippen LogP contribution in [0.15, 0.2) is 53.1 Å². The molecule has 0 saturated heterocycles. The molecule has 0 aliphatic carbocycles. The molecular weight excluding hydrogens is 362 g/mol. The van der Waals surface area contributed by atoms with Crippen LogP contribution in [0.25, 0.3) is 11.4 Å². The Balaban J connectivity index is 1.47. The minimum atomic E-state index is 0.105. The Morgan fingerprint density at radius 1 is 1.11 bits per heavy atom. The standard InChI is InChI=1S/C21H22ClN3O2/c1-15-6-8-16(9-7-15)14-25(2)20(26)5-3-4-19-23-21(24-27-19)17-10-12-18(22)13-11-17/h6-13H,3-5,14H2,1-2H3. The largest absolute Gasteiger partial charge is 0.341 e. The molecule has 0 unspecified atom stereocenters.